The van der Waals surface area contributed by atoms with E-state index >= 15 is 0 Å². The third kappa shape index (κ3) is 4.78. The van der Waals surface area contributed by atoms with E-state index in [0.29, 0.717) is 0 Å². The molecule has 5 heteroatoms. The number of hydrogen-bond donors (Lipinski definition) is 0. The number of aryl methyl sites for hydroxylation is 3. The van der Waals surface area contributed by atoms with Gasteiger partial charge < -0.3 is 14.2 Å². The summed E-state index contributed by atoms with van der Waals surface area (Å²) in [6.07, 6.45) is 4.64. The molecule has 0 N–H and O–H groups in total. The predicted octanol–water partition coefficient (Wildman–Crippen LogP) is 14.1. The first kappa shape index (κ1) is 36.6. The fraction of sp³-hybridized carbons (Fsp3) is 0.228. The van der Waals surface area contributed by atoms with Gasteiger partial charge in [-0.25, -0.2) is 0 Å². The molecule has 13 rings (SSSR count). The summed E-state index contributed by atoms with van der Waals surface area (Å²) < 4.78 is 5.32. The van der Waals surface area contributed by atoms with Gasteiger partial charge in [0.2, 0.25) is 0 Å². The molecule has 0 spiro atoms. The Morgan fingerprint density at radius 1 is 0.613 bits per heavy atom. The van der Waals surface area contributed by atoms with Gasteiger partial charge in [-0.15, -0.1) is 11.3 Å². The highest BCUT2D eigenvalue weighted by Gasteiger charge is 2.48. The van der Waals surface area contributed by atoms with Gasteiger partial charge in [0, 0.05) is 59.2 Å². The number of nitrogens with zero attached hydrogens (tertiary/aromatic N) is 3. The first-order valence-corrected chi connectivity index (χ1v) is 23.6. The van der Waals surface area contributed by atoms with Crippen molar-refractivity contribution in [2.45, 2.75) is 85.0 Å². The van der Waals surface area contributed by atoms with Crippen molar-refractivity contribution in [3.05, 3.63) is 155 Å². The van der Waals surface area contributed by atoms with E-state index in [1.807, 2.05) is 11.3 Å². The molecule has 0 bridgehead atoms. The molecule has 1 aliphatic carbocycles. The number of thiophene rings is 1. The molecule has 0 atom stereocenters. The molecule has 0 saturated carbocycles. The lowest BCUT2D eigenvalue weighted by molar-refractivity contribution is 0.403. The lowest BCUT2D eigenvalue weighted by atomic mass is 9.36. The molecule has 5 heterocycles. The van der Waals surface area contributed by atoms with Gasteiger partial charge >= 0.3 is 0 Å². The van der Waals surface area contributed by atoms with Crippen LogP contribution in [0, 0.1) is 13.8 Å². The average Bonchev–Trinajstić information content (AvgIpc) is 3.96. The number of rotatable bonds is 5. The third-order valence-corrected chi connectivity index (χ3v) is 16.1. The van der Waals surface area contributed by atoms with Crippen LogP contribution >= 0.6 is 11.3 Å². The molecule has 0 unspecified atom stereocenters. The van der Waals surface area contributed by atoms with Gasteiger partial charge in [-0.1, -0.05) is 113 Å². The van der Waals surface area contributed by atoms with Gasteiger partial charge in [-0.2, -0.15) is 0 Å². The second kappa shape index (κ2) is 12.5. The Labute approximate surface area is 368 Å². The van der Waals surface area contributed by atoms with E-state index in [0.717, 1.165) is 12.8 Å². The van der Waals surface area contributed by atoms with Crippen LogP contribution in [0.15, 0.2) is 127 Å². The first-order chi connectivity index (χ1) is 30.0. The number of anilines is 6. The van der Waals surface area contributed by atoms with E-state index in [9.17, 15) is 0 Å². The number of unbranched alkanes of at least 4 members (excludes halogenated alkanes) is 1. The molecular formula is C57H50BN3S. The highest BCUT2D eigenvalue weighted by Crippen LogP contribution is 2.55. The van der Waals surface area contributed by atoms with Crippen molar-refractivity contribution >= 4 is 116 Å². The second-order valence-electron chi connectivity index (χ2n) is 20.0. The Balaban J connectivity index is 1.19. The molecule has 2 aliphatic heterocycles. The standard InChI is InChI=1S/C57H50BN3S/c1-8-9-14-35-20-22-36(23-21-35)59-47-28-34(3)29-48-51(47)58(44-31-40-38-15-10-12-17-45(38)61-46-18-13-11-16-39(46)50(52(40)61)54(44)59)55-53(41-27-33(2)19-26-49(41)62-55)60(48)37-24-25-42-43(30-37)57(6,7)32-56(42,4)5/h10-13,15-31H,8-9,14,32H2,1-7H3. The normalized spacial score (nSPS) is 16.0. The van der Waals surface area contributed by atoms with Crippen molar-refractivity contribution in [3.8, 4) is 0 Å². The van der Waals surface area contributed by atoms with Gasteiger partial charge in [0.1, 0.15) is 0 Å². The zero-order valence-corrected chi connectivity index (χ0v) is 37.6. The summed E-state index contributed by atoms with van der Waals surface area (Å²) in [4.78, 5) is 5.34. The second-order valence-corrected chi connectivity index (χ2v) is 21.1. The van der Waals surface area contributed by atoms with Crippen molar-refractivity contribution < 1.29 is 0 Å². The predicted molar refractivity (Wildman–Crippen MR) is 269 cm³/mol. The fourth-order valence-electron chi connectivity index (χ4n) is 12.6. The van der Waals surface area contributed by atoms with Crippen LogP contribution in [0.3, 0.4) is 0 Å². The van der Waals surface area contributed by atoms with E-state index in [4.69, 9.17) is 0 Å². The monoisotopic (exact) mass is 819 g/mol. The summed E-state index contributed by atoms with van der Waals surface area (Å²) in [6, 6.07) is 49.9. The van der Waals surface area contributed by atoms with Crippen molar-refractivity contribution in [3.63, 3.8) is 0 Å². The van der Waals surface area contributed by atoms with E-state index in [1.165, 1.54) is 139 Å². The number of hydrogen-bond acceptors (Lipinski definition) is 3. The number of para-hydroxylation sites is 2. The molecule has 0 fully saturated rings. The van der Waals surface area contributed by atoms with Gasteiger partial charge in [-0.3, -0.25) is 0 Å². The minimum atomic E-state index is 0.0416. The van der Waals surface area contributed by atoms with Gasteiger partial charge in [0.15, 0.2) is 0 Å². The highest BCUT2D eigenvalue weighted by molar-refractivity contribution is 7.33. The summed E-state index contributed by atoms with van der Waals surface area (Å²) in [5.74, 6) is 0. The van der Waals surface area contributed by atoms with Crippen LogP contribution in [0.2, 0.25) is 0 Å². The highest BCUT2D eigenvalue weighted by atomic mass is 32.1. The third-order valence-electron chi connectivity index (χ3n) is 14.9. The summed E-state index contributed by atoms with van der Waals surface area (Å²) in [5.41, 5.74) is 21.5. The van der Waals surface area contributed by atoms with Gasteiger partial charge in [0.05, 0.1) is 27.9 Å². The van der Waals surface area contributed by atoms with Crippen molar-refractivity contribution in [1.82, 2.24) is 4.40 Å². The van der Waals surface area contributed by atoms with E-state index in [-0.39, 0.29) is 17.5 Å². The number of benzene rings is 7. The minimum Gasteiger partial charge on any atom is -0.311 e. The Bertz CT molecular complexity index is 3530. The summed E-state index contributed by atoms with van der Waals surface area (Å²) in [5, 5.41) is 6.65. The zero-order chi connectivity index (χ0) is 42.0. The Hall–Kier alpha value is -6.04. The summed E-state index contributed by atoms with van der Waals surface area (Å²) in [6.45, 7) is 16.6. The van der Waals surface area contributed by atoms with Gasteiger partial charge in [0.25, 0.3) is 6.71 Å². The molecule has 3 aromatic heterocycles. The topological polar surface area (TPSA) is 10.9 Å². The zero-order valence-electron chi connectivity index (χ0n) is 36.8. The molecule has 3 nitrogen and oxygen atoms in total. The van der Waals surface area contributed by atoms with Crippen LogP contribution in [0.1, 0.15) is 81.7 Å². The maximum absolute atomic E-state index is 2.67. The molecule has 0 radical (unpaired) electrons. The average molecular weight is 820 g/mol. The van der Waals surface area contributed by atoms with Crippen molar-refractivity contribution in [1.29, 1.82) is 0 Å². The summed E-state index contributed by atoms with van der Waals surface area (Å²) >= 11 is 2.00. The van der Waals surface area contributed by atoms with Crippen molar-refractivity contribution in [2.24, 2.45) is 0 Å². The fourth-order valence-corrected chi connectivity index (χ4v) is 13.9. The van der Waals surface area contributed by atoms with Crippen LogP contribution < -0.4 is 25.5 Å². The smallest absolute Gasteiger partial charge is 0.264 e. The van der Waals surface area contributed by atoms with Crippen LogP contribution in [0.4, 0.5) is 34.1 Å². The summed E-state index contributed by atoms with van der Waals surface area (Å²) in [7, 11) is 0. The van der Waals surface area contributed by atoms with Crippen LogP contribution in [-0.2, 0) is 17.3 Å². The first-order valence-electron chi connectivity index (χ1n) is 22.7. The van der Waals surface area contributed by atoms with E-state index in [1.54, 1.807) is 0 Å². The number of aromatic nitrogens is 1. The Morgan fingerprint density at radius 3 is 2.05 bits per heavy atom. The number of fused-ring (bicyclic) bond motifs is 14. The lowest BCUT2D eigenvalue weighted by Gasteiger charge is -2.44. The van der Waals surface area contributed by atoms with E-state index in [2.05, 4.69) is 190 Å². The lowest BCUT2D eigenvalue weighted by Crippen LogP contribution is -2.60. The molecule has 62 heavy (non-hydrogen) atoms. The maximum Gasteiger partial charge on any atom is 0.264 e. The molecule has 10 aromatic rings. The quantitative estimate of drug-likeness (QED) is 0.160. The molecule has 0 saturated heterocycles. The van der Waals surface area contributed by atoms with Crippen LogP contribution in [0.25, 0.3) is 48.2 Å². The van der Waals surface area contributed by atoms with Crippen LogP contribution in [0.5, 0.6) is 0 Å². The Kier molecular flexibility index (Phi) is 7.41. The SMILES string of the molecule is CCCCc1ccc(N2c3cc(C)cc4c3B(c3cc5c6ccccc6n6c7ccccc7c(c32)c56)c2sc3ccc(C)cc3c2N4c2ccc3c(c2)C(C)(C)CC3(C)C)cc1. The molecule has 3 aliphatic rings. The molecule has 302 valence electrons. The van der Waals surface area contributed by atoms with Crippen molar-refractivity contribution in [2.75, 3.05) is 9.80 Å². The minimum absolute atomic E-state index is 0.0416. The molecular weight excluding hydrogens is 770 g/mol. The molecule has 7 aromatic carbocycles. The van der Waals surface area contributed by atoms with E-state index < -0.39 is 0 Å². The Morgan fingerprint density at radius 2 is 1.29 bits per heavy atom. The molecule has 0 amide bonds. The van der Waals surface area contributed by atoms with Gasteiger partial charge in [-0.05, 0) is 138 Å². The maximum atomic E-state index is 2.67. The van der Waals surface area contributed by atoms with Crippen LogP contribution in [-0.4, -0.2) is 11.1 Å². The largest absolute Gasteiger partial charge is 0.311 e.